The van der Waals surface area contributed by atoms with E-state index in [1.807, 2.05) is 30.5 Å². The fourth-order valence-electron chi connectivity index (χ4n) is 1.87. The van der Waals surface area contributed by atoms with E-state index in [-0.39, 0.29) is 0 Å². The van der Waals surface area contributed by atoms with Crippen LogP contribution in [0.4, 0.5) is 0 Å². The second-order valence-electron chi connectivity index (χ2n) is 4.01. The molecular weight excluding hydrogens is 212 g/mol. The molecule has 88 valence electrons. The van der Waals surface area contributed by atoms with Gasteiger partial charge in [0, 0.05) is 30.3 Å². The first-order chi connectivity index (χ1) is 8.42. The molecule has 0 spiro atoms. The predicted octanol–water partition coefficient (Wildman–Crippen LogP) is 3.03. The Hall–Kier alpha value is -1.79. The summed E-state index contributed by atoms with van der Waals surface area (Å²) in [6.45, 7) is 2.00. The minimum absolute atomic E-state index is 0.476. The van der Waals surface area contributed by atoms with Gasteiger partial charge in [-0.15, -0.1) is 0 Å². The molecule has 0 amide bonds. The van der Waals surface area contributed by atoms with Gasteiger partial charge < -0.3 is 9.72 Å². The summed E-state index contributed by atoms with van der Waals surface area (Å²) in [6, 6.07) is 10.1. The minimum Gasteiger partial charge on any atom is -0.381 e. The number of fused-ring (bicyclic) bond motifs is 1. The summed E-state index contributed by atoms with van der Waals surface area (Å²) in [4.78, 5) is 3.12. The third-order valence-corrected chi connectivity index (χ3v) is 2.77. The Balaban J connectivity index is 0.000000181. The van der Waals surface area contributed by atoms with Gasteiger partial charge in [-0.2, -0.15) is 5.26 Å². The molecule has 3 heteroatoms. The predicted molar refractivity (Wildman–Crippen MR) is 67.7 cm³/mol. The van der Waals surface area contributed by atoms with Crippen molar-refractivity contribution in [2.24, 2.45) is 0 Å². The van der Waals surface area contributed by atoms with E-state index in [1.54, 1.807) is 0 Å². The molecule has 1 saturated heterocycles. The standard InChI is InChI=1S/C10H8N2.C4H8O/c11-6-5-8-7-12-10-4-2-1-3-9(8)10;1-2-4-5-3-1/h1-4,7,12H,5H2;1-4H2. The maximum Gasteiger partial charge on any atom is 0.0670 e. The summed E-state index contributed by atoms with van der Waals surface area (Å²) < 4.78 is 4.94. The topological polar surface area (TPSA) is 48.8 Å². The summed E-state index contributed by atoms with van der Waals surface area (Å²) in [5, 5.41) is 9.69. The van der Waals surface area contributed by atoms with Crippen LogP contribution >= 0.6 is 0 Å². The van der Waals surface area contributed by atoms with Gasteiger partial charge in [0.05, 0.1) is 12.5 Å². The summed E-state index contributed by atoms with van der Waals surface area (Å²) in [5.41, 5.74) is 2.18. The number of hydrogen-bond acceptors (Lipinski definition) is 2. The molecule has 0 bridgehead atoms. The van der Waals surface area contributed by atoms with Crippen molar-refractivity contribution in [1.29, 1.82) is 5.26 Å². The van der Waals surface area contributed by atoms with Crippen molar-refractivity contribution in [2.75, 3.05) is 13.2 Å². The molecule has 2 aromatic rings. The molecule has 0 atom stereocenters. The van der Waals surface area contributed by atoms with Gasteiger partial charge in [0.25, 0.3) is 0 Å². The van der Waals surface area contributed by atoms with Crippen molar-refractivity contribution in [1.82, 2.24) is 4.98 Å². The number of hydrogen-bond donors (Lipinski definition) is 1. The third-order valence-electron chi connectivity index (χ3n) is 2.77. The lowest BCUT2D eigenvalue weighted by molar-refractivity contribution is 0.198. The van der Waals surface area contributed by atoms with Crippen molar-refractivity contribution < 1.29 is 4.74 Å². The average molecular weight is 228 g/mol. The summed E-state index contributed by atoms with van der Waals surface area (Å²) in [5.74, 6) is 0. The van der Waals surface area contributed by atoms with Gasteiger partial charge >= 0.3 is 0 Å². The smallest absolute Gasteiger partial charge is 0.0670 e. The van der Waals surface area contributed by atoms with E-state index in [4.69, 9.17) is 10.00 Å². The van der Waals surface area contributed by atoms with Gasteiger partial charge in [-0.05, 0) is 24.5 Å². The zero-order valence-electron chi connectivity index (χ0n) is 9.78. The van der Waals surface area contributed by atoms with Gasteiger partial charge in [-0.1, -0.05) is 18.2 Å². The van der Waals surface area contributed by atoms with Gasteiger partial charge in [0.1, 0.15) is 0 Å². The number of nitrogens with one attached hydrogen (secondary N) is 1. The van der Waals surface area contributed by atoms with Crippen LogP contribution in [-0.2, 0) is 11.2 Å². The van der Waals surface area contributed by atoms with Crippen molar-refractivity contribution >= 4 is 10.9 Å². The van der Waals surface area contributed by atoms with E-state index in [1.165, 1.54) is 12.8 Å². The van der Waals surface area contributed by atoms with Crippen molar-refractivity contribution in [3.8, 4) is 6.07 Å². The highest BCUT2D eigenvalue weighted by Crippen LogP contribution is 2.17. The number of para-hydroxylation sites is 1. The van der Waals surface area contributed by atoms with E-state index < -0.39 is 0 Å². The van der Waals surface area contributed by atoms with Crippen LogP contribution in [-0.4, -0.2) is 18.2 Å². The zero-order valence-corrected chi connectivity index (χ0v) is 9.78. The highest BCUT2D eigenvalue weighted by Gasteiger charge is 2.00. The monoisotopic (exact) mass is 228 g/mol. The first-order valence-electron chi connectivity index (χ1n) is 5.91. The van der Waals surface area contributed by atoms with E-state index in [0.29, 0.717) is 6.42 Å². The van der Waals surface area contributed by atoms with Gasteiger partial charge in [0.15, 0.2) is 0 Å². The molecule has 1 fully saturated rings. The number of aromatic nitrogens is 1. The molecule has 3 rings (SSSR count). The van der Waals surface area contributed by atoms with Crippen LogP contribution in [0.2, 0.25) is 0 Å². The molecule has 1 aliphatic heterocycles. The van der Waals surface area contributed by atoms with Crippen LogP contribution in [0.5, 0.6) is 0 Å². The Labute approximate surface area is 101 Å². The first-order valence-corrected chi connectivity index (χ1v) is 5.91. The second-order valence-corrected chi connectivity index (χ2v) is 4.01. The lowest BCUT2D eigenvalue weighted by atomic mass is 10.1. The quantitative estimate of drug-likeness (QED) is 0.815. The van der Waals surface area contributed by atoms with E-state index in [2.05, 4.69) is 11.1 Å². The molecule has 1 aromatic carbocycles. The average Bonchev–Trinajstić information content (AvgIpc) is 3.02. The molecule has 0 saturated carbocycles. The van der Waals surface area contributed by atoms with Crippen LogP contribution in [0.25, 0.3) is 10.9 Å². The molecular formula is C14H16N2O. The van der Waals surface area contributed by atoms with E-state index in [0.717, 1.165) is 29.7 Å². The molecule has 1 aromatic heterocycles. The maximum atomic E-state index is 8.53. The lowest BCUT2D eigenvalue weighted by Gasteiger charge is -1.89. The molecule has 0 aliphatic carbocycles. The maximum absolute atomic E-state index is 8.53. The van der Waals surface area contributed by atoms with Crippen molar-refractivity contribution in [2.45, 2.75) is 19.3 Å². The minimum atomic E-state index is 0.476. The molecule has 1 N–H and O–H groups in total. The Morgan fingerprint density at radius 1 is 1.24 bits per heavy atom. The summed E-state index contributed by atoms with van der Waals surface area (Å²) in [7, 11) is 0. The second kappa shape index (κ2) is 6.07. The molecule has 0 radical (unpaired) electrons. The van der Waals surface area contributed by atoms with Gasteiger partial charge in [-0.25, -0.2) is 0 Å². The van der Waals surface area contributed by atoms with Crippen LogP contribution < -0.4 is 0 Å². The largest absolute Gasteiger partial charge is 0.381 e. The van der Waals surface area contributed by atoms with E-state index in [9.17, 15) is 0 Å². The normalized spacial score (nSPS) is 14.1. The van der Waals surface area contributed by atoms with Crippen LogP contribution in [0.1, 0.15) is 18.4 Å². The lowest BCUT2D eigenvalue weighted by Crippen LogP contribution is -1.75. The third kappa shape index (κ3) is 3.08. The number of rotatable bonds is 1. The van der Waals surface area contributed by atoms with Crippen molar-refractivity contribution in [3.63, 3.8) is 0 Å². The molecule has 1 aliphatic rings. The molecule has 2 heterocycles. The number of nitrogens with zero attached hydrogens (tertiary/aromatic N) is 1. The molecule has 3 nitrogen and oxygen atoms in total. The highest BCUT2D eigenvalue weighted by atomic mass is 16.5. The SMILES string of the molecule is C1CCOC1.N#CCc1c[nH]c2ccccc12. The van der Waals surface area contributed by atoms with Crippen LogP contribution in [0.3, 0.4) is 0 Å². The first kappa shape index (κ1) is 11.7. The summed E-state index contributed by atoms with van der Waals surface area (Å²) >= 11 is 0. The van der Waals surface area contributed by atoms with E-state index >= 15 is 0 Å². The number of H-pyrrole nitrogens is 1. The Bertz CT molecular complexity index is 499. The fourth-order valence-corrected chi connectivity index (χ4v) is 1.87. The van der Waals surface area contributed by atoms with Gasteiger partial charge in [0.2, 0.25) is 0 Å². The summed E-state index contributed by atoms with van der Waals surface area (Å²) in [6.07, 6.45) is 4.93. The Morgan fingerprint density at radius 3 is 2.65 bits per heavy atom. The zero-order chi connectivity index (χ0) is 11.9. The number of nitriles is 1. The number of ether oxygens (including phenoxy) is 1. The molecule has 17 heavy (non-hydrogen) atoms. The number of aromatic amines is 1. The van der Waals surface area contributed by atoms with Crippen LogP contribution in [0, 0.1) is 11.3 Å². The Morgan fingerprint density at radius 2 is 2.00 bits per heavy atom. The van der Waals surface area contributed by atoms with Crippen molar-refractivity contribution in [3.05, 3.63) is 36.0 Å². The van der Waals surface area contributed by atoms with Gasteiger partial charge in [-0.3, -0.25) is 0 Å². The molecule has 0 unspecified atom stereocenters. The highest BCUT2D eigenvalue weighted by molar-refractivity contribution is 5.83. The Kier molecular flexibility index (Phi) is 4.17. The number of benzene rings is 1. The fraction of sp³-hybridized carbons (Fsp3) is 0.357. The van der Waals surface area contributed by atoms with Crippen LogP contribution in [0.15, 0.2) is 30.5 Å².